The van der Waals surface area contributed by atoms with Gasteiger partial charge in [-0.1, -0.05) is 54.6 Å². The third-order valence-electron chi connectivity index (χ3n) is 4.26. The minimum atomic E-state index is -0.587. The van der Waals surface area contributed by atoms with Gasteiger partial charge in [-0.05, 0) is 16.7 Å². The molecular weight excluding hydrogens is 312 g/mol. The highest BCUT2D eigenvalue weighted by Gasteiger charge is 2.33. The largest absolute Gasteiger partial charge is 0.390 e. The number of aliphatic hydroxyl groups is 1. The normalized spacial score (nSPS) is 20.3. The van der Waals surface area contributed by atoms with Crippen molar-refractivity contribution < 1.29 is 9.90 Å². The van der Waals surface area contributed by atoms with Crippen LogP contribution in [-0.2, 0) is 11.2 Å². The number of amides is 1. The second kappa shape index (κ2) is 7.59. The minimum Gasteiger partial charge on any atom is -0.390 e. The maximum atomic E-state index is 12.6. The molecule has 3 rings (SSSR count). The van der Waals surface area contributed by atoms with Crippen LogP contribution in [0.25, 0.3) is 0 Å². The zero-order valence-electron chi connectivity index (χ0n) is 12.7. The van der Waals surface area contributed by atoms with Gasteiger partial charge in [-0.25, -0.2) is 0 Å². The summed E-state index contributed by atoms with van der Waals surface area (Å²) in [5, 5.41) is 13.2. The van der Waals surface area contributed by atoms with Crippen LogP contribution in [-0.4, -0.2) is 23.7 Å². The summed E-state index contributed by atoms with van der Waals surface area (Å²) in [7, 11) is 0. The lowest BCUT2D eigenvalue weighted by Crippen LogP contribution is -2.39. The number of carbonyl (C=O) groups is 1. The first kappa shape index (κ1) is 17.5. The number of rotatable bonds is 4. The predicted octanol–water partition coefficient (Wildman–Crippen LogP) is 1.93. The Morgan fingerprint density at radius 2 is 1.83 bits per heavy atom. The zero-order chi connectivity index (χ0) is 15.5. The lowest BCUT2D eigenvalue weighted by Gasteiger charge is -2.22. The van der Waals surface area contributed by atoms with Crippen molar-refractivity contribution in [2.45, 2.75) is 24.5 Å². The van der Waals surface area contributed by atoms with Crippen molar-refractivity contribution >= 4 is 18.3 Å². The Morgan fingerprint density at radius 1 is 1.17 bits per heavy atom. The van der Waals surface area contributed by atoms with E-state index < -0.39 is 12.0 Å². The standard InChI is InChI=1S/C18H20N2O2.ClH/c19-11-15(12-6-2-1-3-7-12)18(22)20-17-14-9-5-4-8-13(14)10-16(17)21;/h1-9,15-17,21H,10-11,19H2,(H,20,22);1H/t15?,16-,17+;/m0./s1. The van der Waals surface area contributed by atoms with Gasteiger partial charge in [-0.3, -0.25) is 4.79 Å². The molecule has 1 unspecified atom stereocenters. The van der Waals surface area contributed by atoms with E-state index in [9.17, 15) is 9.90 Å². The van der Waals surface area contributed by atoms with E-state index in [1.807, 2.05) is 54.6 Å². The zero-order valence-corrected chi connectivity index (χ0v) is 13.5. The molecule has 3 atom stereocenters. The van der Waals surface area contributed by atoms with E-state index in [1.165, 1.54) is 0 Å². The van der Waals surface area contributed by atoms with Gasteiger partial charge in [0.2, 0.25) is 5.91 Å². The number of halogens is 1. The molecule has 0 saturated carbocycles. The fourth-order valence-electron chi connectivity index (χ4n) is 3.08. The number of hydrogen-bond donors (Lipinski definition) is 3. The molecule has 0 heterocycles. The summed E-state index contributed by atoms with van der Waals surface area (Å²) in [6.07, 6.45) is -0.0183. The Bertz CT molecular complexity index is 663. The molecular formula is C18H21ClN2O2. The van der Waals surface area contributed by atoms with Gasteiger partial charge in [0, 0.05) is 13.0 Å². The van der Waals surface area contributed by atoms with Gasteiger partial charge in [0.05, 0.1) is 18.1 Å². The first-order valence-electron chi connectivity index (χ1n) is 7.52. The summed E-state index contributed by atoms with van der Waals surface area (Å²) in [5.74, 6) is -0.546. The number of carbonyl (C=O) groups excluding carboxylic acids is 1. The fraction of sp³-hybridized carbons (Fsp3) is 0.278. The number of hydrogen-bond acceptors (Lipinski definition) is 3. The van der Waals surface area contributed by atoms with Crippen LogP contribution in [0.4, 0.5) is 0 Å². The molecule has 4 N–H and O–H groups in total. The van der Waals surface area contributed by atoms with E-state index in [1.54, 1.807) is 0 Å². The van der Waals surface area contributed by atoms with Crippen LogP contribution in [0.5, 0.6) is 0 Å². The molecule has 0 radical (unpaired) electrons. The average molecular weight is 333 g/mol. The van der Waals surface area contributed by atoms with Gasteiger partial charge in [-0.2, -0.15) is 0 Å². The van der Waals surface area contributed by atoms with Gasteiger partial charge in [0.1, 0.15) is 0 Å². The van der Waals surface area contributed by atoms with Crippen molar-refractivity contribution in [2.24, 2.45) is 5.73 Å². The summed E-state index contributed by atoms with van der Waals surface area (Å²) >= 11 is 0. The summed E-state index contributed by atoms with van der Waals surface area (Å²) in [5.41, 5.74) is 8.76. The average Bonchev–Trinajstić information content (AvgIpc) is 2.85. The van der Waals surface area contributed by atoms with Gasteiger partial charge < -0.3 is 16.2 Å². The lowest BCUT2D eigenvalue weighted by molar-refractivity contribution is -0.123. The van der Waals surface area contributed by atoms with E-state index in [2.05, 4.69) is 5.32 Å². The second-order valence-corrected chi connectivity index (χ2v) is 5.66. The van der Waals surface area contributed by atoms with Crippen molar-refractivity contribution in [3.05, 3.63) is 71.3 Å². The van der Waals surface area contributed by atoms with E-state index >= 15 is 0 Å². The highest BCUT2D eigenvalue weighted by atomic mass is 35.5. The Balaban J connectivity index is 0.00000192. The predicted molar refractivity (Wildman–Crippen MR) is 92.5 cm³/mol. The highest BCUT2D eigenvalue weighted by Crippen LogP contribution is 2.31. The second-order valence-electron chi connectivity index (χ2n) is 5.66. The van der Waals surface area contributed by atoms with Crippen molar-refractivity contribution in [3.8, 4) is 0 Å². The summed E-state index contributed by atoms with van der Waals surface area (Å²) in [4.78, 5) is 12.6. The number of nitrogens with two attached hydrogens (primary N) is 1. The smallest absolute Gasteiger partial charge is 0.229 e. The quantitative estimate of drug-likeness (QED) is 0.800. The van der Waals surface area contributed by atoms with Crippen LogP contribution < -0.4 is 11.1 Å². The van der Waals surface area contributed by atoms with Crippen LogP contribution in [0.15, 0.2) is 54.6 Å². The summed E-state index contributed by atoms with van der Waals surface area (Å²) in [6, 6.07) is 16.9. The van der Waals surface area contributed by atoms with Gasteiger partial charge in [0.15, 0.2) is 0 Å². The molecule has 0 bridgehead atoms. The molecule has 1 aliphatic rings. The Kier molecular flexibility index (Phi) is 5.77. The maximum Gasteiger partial charge on any atom is 0.229 e. The monoisotopic (exact) mass is 332 g/mol. The molecule has 0 fully saturated rings. The number of nitrogens with one attached hydrogen (secondary N) is 1. The highest BCUT2D eigenvalue weighted by molar-refractivity contribution is 5.85. The van der Waals surface area contributed by atoms with Gasteiger partial charge >= 0.3 is 0 Å². The van der Waals surface area contributed by atoms with Crippen molar-refractivity contribution in [3.63, 3.8) is 0 Å². The topological polar surface area (TPSA) is 75.4 Å². The maximum absolute atomic E-state index is 12.6. The minimum absolute atomic E-state index is 0. The third kappa shape index (κ3) is 3.55. The van der Waals surface area contributed by atoms with Crippen molar-refractivity contribution in [1.82, 2.24) is 5.32 Å². The third-order valence-corrected chi connectivity index (χ3v) is 4.26. The van der Waals surface area contributed by atoms with E-state index in [0.717, 1.165) is 16.7 Å². The van der Waals surface area contributed by atoms with E-state index in [4.69, 9.17) is 5.73 Å². The first-order valence-corrected chi connectivity index (χ1v) is 7.52. The molecule has 2 aromatic carbocycles. The molecule has 0 aromatic heterocycles. The van der Waals surface area contributed by atoms with Gasteiger partial charge in [-0.15, -0.1) is 12.4 Å². The molecule has 122 valence electrons. The number of benzene rings is 2. The lowest BCUT2D eigenvalue weighted by atomic mass is 9.97. The summed E-state index contributed by atoms with van der Waals surface area (Å²) in [6.45, 7) is 0.236. The van der Waals surface area contributed by atoms with Crippen molar-refractivity contribution in [2.75, 3.05) is 6.54 Å². The SMILES string of the molecule is Cl.NCC(C(=O)N[C@@H]1c2ccccc2C[C@@H]1O)c1ccccc1. The van der Waals surface area contributed by atoms with Crippen LogP contribution in [0.3, 0.4) is 0 Å². The summed E-state index contributed by atoms with van der Waals surface area (Å²) < 4.78 is 0. The Hall–Kier alpha value is -1.88. The molecule has 0 saturated heterocycles. The first-order chi connectivity index (χ1) is 10.7. The Labute approximate surface area is 142 Å². The molecule has 2 aromatic rings. The number of fused-ring (bicyclic) bond motifs is 1. The van der Waals surface area contributed by atoms with Crippen molar-refractivity contribution in [1.29, 1.82) is 0 Å². The number of aliphatic hydroxyl groups excluding tert-OH is 1. The molecule has 5 heteroatoms. The van der Waals surface area contributed by atoms with Gasteiger partial charge in [0.25, 0.3) is 0 Å². The van der Waals surface area contributed by atoms with E-state index in [0.29, 0.717) is 6.42 Å². The van der Waals surface area contributed by atoms with Crippen LogP contribution in [0.2, 0.25) is 0 Å². The molecule has 23 heavy (non-hydrogen) atoms. The molecule has 1 aliphatic carbocycles. The molecule has 4 nitrogen and oxygen atoms in total. The molecule has 0 aliphatic heterocycles. The van der Waals surface area contributed by atoms with Crippen LogP contribution in [0, 0.1) is 0 Å². The van der Waals surface area contributed by atoms with Crippen LogP contribution in [0.1, 0.15) is 28.7 Å². The fourth-order valence-corrected chi connectivity index (χ4v) is 3.08. The van der Waals surface area contributed by atoms with Crippen LogP contribution >= 0.6 is 12.4 Å². The molecule has 0 spiro atoms. The molecule has 1 amide bonds. The van der Waals surface area contributed by atoms with E-state index in [-0.39, 0.29) is 30.9 Å². The Morgan fingerprint density at radius 3 is 2.52 bits per heavy atom.